The maximum atomic E-state index is 13.4. The van der Waals surface area contributed by atoms with Crippen LogP contribution in [-0.2, 0) is 30.4 Å². The topological polar surface area (TPSA) is 312 Å². The van der Waals surface area contributed by atoms with E-state index in [2.05, 4.69) is 40.9 Å². The molecule has 59 heavy (non-hydrogen) atoms. The molecule has 314 valence electrons. The van der Waals surface area contributed by atoms with Crippen molar-refractivity contribution in [1.29, 1.82) is 0 Å². The van der Waals surface area contributed by atoms with Gasteiger partial charge in [-0.25, -0.2) is 4.68 Å². The highest BCUT2D eigenvalue weighted by Crippen LogP contribution is 2.33. The first-order valence-corrected chi connectivity index (χ1v) is 22.0. The van der Waals surface area contributed by atoms with E-state index in [0.29, 0.717) is 42.9 Å². The largest absolute Gasteiger partial charge is 0.391 e. The van der Waals surface area contributed by atoms with Crippen molar-refractivity contribution < 1.29 is 48.5 Å². The highest BCUT2D eigenvalue weighted by molar-refractivity contribution is 7.86. The maximum absolute atomic E-state index is 13.4. The number of aryl methyl sites for hydroxylation is 1. The van der Waals surface area contributed by atoms with Crippen molar-refractivity contribution in [1.82, 2.24) is 24.7 Å². The highest BCUT2D eigenvalue weighted by atomic mass is 35.5. The Morgan fingerprint density at radius 2 is 1.39 bits per heavy atom. The fourth-order valence-corrected chi connectivity index (χ4v) is 8.33. The van der Waals surface area contributed by atoms with Gasteiger partial charge in [0, 0.05) is 11.4 Å². The van der Waals surface area contributed by atoms with Gasteiger partial charge in [-0.15, -0.1) is 10.2 Å². The lowest BCUT2D eigenvalue weighted by Crippen LogP contribution is -2.58. The number of aromatic nitrogens is 5. The summed E-state index contributed by atoms with van der Waals surface area (Å²) in [7, 11) is -12.1. The van der Waals surface area contributed by atoms with Crippen molar-refractivity contribution in [3.05, 3.63) is 80.7 Å². The average Bonchev–Trinajstić information content (AvgIpc) is 3.42. The number of H-pyrrole nitrogens is 1. The Kier molecular flexibility index (Phi) is 12.2. The summed E-state index contributed by atoms with van der Waals surface area (Å²) in [5.41, 5.74) is -1.16. The molecule has 1 aliphatic rings. The number of azo groups is 1. The van der Waals surface area contributed by atoms with E-state index < -0.39 is 56.4 Å². The van der Waals surface area contributed by atoms with Crippen LogP contribution in [0.2, 0.25) is 10.0 Å². The first kappa shape index (κ1) is 43.5. The van der Waals surface area contributed by atoms with E-state index >= 15 is 0 Å². The number of anilines is 5. The van der Waals surface area contributed by atoms with Crippen LogP contribution in [0.3, 0.4) is 0 Å². The lowest BCUT2D eigenvalue weighted by Gasteiger charge is -2.41. The first-order valence-electron chi connectivity index (χ1n) is 16.9. The van der Waals surface area contributed by atoms with Crippen LogP contribution in [0.5, 0.6) is 0 Å². The lowest BCUT2D eigenvalue weighted by atomic mass is 10.2. The molecular formula is C32H34Cl2N11O11S3+. The average molecular weight is 916 g/mol. The molecule has 22 nitrogen and oxygen atoms in total. The molecule has 3 heterocycles. The summed E-state index contributed by atoms with van der Waals surface area (Å²) in [4.78, 5) is 27.2. The summed E-state index contributed by atoms with van der Waals surface area (Å²) in [5.74, 6) is 0.197. The monoisotopic (exact) mass is 914 g/mol. The zero-order valence-corrected chi connectivity index (χ0v) is 34.6. The molecule has 0 bridgehead atoms. The Morgan fingerprint density at radius 1 is 0.797 bits per heavy atom. The number of nitrogens with zero attached hydrogens (tertiary/aromatic N) is 8. The van der Waals surface area contributed by atoms with E-state index in [9.17, 15) is 48.8 Å². The fourth-order valence-electron chi connectivity index (χ4n) is 5.91. The minimum atomic E-state index is -4.90. The van der Waals surface area contributed by atoms with Crippen LogP contribution in [0.25, 0.3) is 5.69 Å². The lowest BCUT2D eigenvalue weighted by molar-refractivity contribution is -0.910. The number of likely N-dealkylation sites (N-methyl/N-ethyl adjacent to an activating group) is 1. The number of hydrogen-bond donors (Lipinski definition) is 7. The third-order valence-electron chi connectivity index (χ3n) is 9.09. The van der Waals surface area contributed by atoms with Gasteiger partial charge in [-0.05, 0) is 61.5 Å². The summed E-state index contributed by atoms with van der Waals surface area (Å²) in [5, 5.41) is 25.3. The van der Waals surface area contributed by atoms with Gasteiger partial charge in [0.05, 0.1) is 66.2 Å². The van der Waals surface area contributed by atoms with Gasteiger partial charge >= 0.3 is 0 Å². The van der Waals surface area contributed by atoms with E-state index in [-0.39, 0.29) is 57.1 Å². The third kappa shape index (κ3) is 10.0. The molecule has 0 radical (unpaired) electrons. The van der Waals surface area contributed by atoms with E-state index in [1.165, 1.54) is 43.3 Å². The van der Waals surface area contributed by atoms with E-state index in [1.54, 1.807) is 0 Å². The van der Waals surface area contributed by atoms with Gasteiger partial charge in [0.2, 0.25) is 17.8 Å². The summed E-state index contributed by atoms with van der Waals surface area (Å²) < 4.78 is 101. The minimum Gasteiger partial charge on any atom is -0.391 e. The fraction of sp³-hybridized carbons (Fsp3) is 0.250. The van der Waals surface area contributed by atoms with Crippen molar-refractivity contribution in [2.75, 3.05) is 61.9 Å². The van der Waals surface area contributed by atoms with Gasteiger partial charge in [-0.1, -0.05) is 23.2 Å². The van der Waals surface area contributed by atoms with Gasteiger partial charge in [0.1, 0.15) is 22.0 Å². The zero-order valence-electron chi connectivity index (χ0n) is 30.6. The van der Waals surface area contributed by atoms with Crippen molar-refractivity contribution in [2.24, 2.45) is 10.2 Å². The Balaban J connectivity index is 1.35. The predicted octanol–water partition coefficient (Wildman–Crippen LogP) is 3.87. The van der Waals surface area contributed by atoms with Crippen LogP contribution in [0, 0.1) is 6.92 Å². The van der Waals surface area contributed by atoms with Gasteiger partial charge in [0.25, 0.3) is 35.9 Å². The van der Waals surface area contributed by atoms with Crippen LogP contribution >= 0.6 is 23.2 Å². The molecular weight excluding hydrogens is 882 g/mol. The number of benzene rings is 3. The van der Waals surface area contributed by atoms with Crippen LogP contribution in [0.1, 0.15) is 5.69 Å². The number of quaternary nitrogens is 1. The predicted molar refractivity (Wildman–Crippen MR) is 214 cm³/mol. The Hall–Kier alpha value is -5.09. The summed E-state index contributed by atoms with van der Waals surface area (Å²) in [6.07, 6.45) is 0. The highest BCUT2D eigenvalue weighted by Gasteiger charge is 2.30. The number of aliphatic hydroxyl groups excluding tert-OH is 1. The first-order chi connectivity index (χ1) is 27.5. The van der Waals surface area contributed by atoms with Gasteiger partial charge in [0.15, 0.2) is 5.69 Å². The zero-order chi connectivity index (χ0) is 43.1. The molecule has 1 saturated heterocycles. The summed E-state index contributed by atoms with van der Waals surface area (Å²) in [6.45, 7) is 4.33. The molecule has 27 heteroatoms. The standard InChI is InChI=1S/C32H33Cl2N11O11S3/c1-18-28(29(47)44(42-18)25-16-23(34)27(17-22(25)33)59(54,55)56)41-40-24-15-20(5-8-26(24)58(51,52)53)36-31-37-30(35-19-3-6-21(7-4-19)57(48,49)50)38-32(39-31)43-9-11-45(2,12-10-43)13-14-46/h3-8,15-17,46H,9-14H2,1-2H3,(H5-,35,36,37,38,39,40,42,47,48,49,50,51,52,53,54,55,56)/p+1. The van der Waals surface area contributed by atoms with E-state index in [1.807, 2.05) is 11.9 Å². The molecule has 6 rings (SSSR count). The molecule has 1 aliphatic heterocycles. The number of rotatable bonds is 13. The quantitative estimate of drug-likeness (QED) is 0.0501. The second-order valence-electron chi connectivity index (χ2n) is 13.3. The number of piperazine rings is 1. The van der Waals surface area contributed by atoms with E-state index in [4.69, 9.17) is 23.2 Å². The van der Waals surface area contributed by atoms with Crippen LogP contribution in [-0.4, -0.2) is 120 Å². The molecule has 0 aliphatic carbocycles. The molecule has 2 aromatic heterocycles. The molecule has 0 spiro atoms. The van der Waals surface area contributed by atoms with Crippen LogP contribution < -0.4 is 21.1 Å². The number of aliphatic hydroxyl groups is 1. The molecule has 0 unspecified atom stereocenters. The van der Waals surface area contributed by atoms with Gasteiger partial charge in [-0.3, -0.25) is 23.6 Å². The van der Waals surface area contributed by atoms with Gasteiger partial charge in [-0.2, -0.15) is 40.2 Å². The second-order valence-corrected chi connectivity index (χ2v) is 18.3. The second kappa shape index (κ2) is 16.5. The molecule has 0 amide bonds. The normalized spacial score (nSPS) is 14.8. The van der Waals surface area contributed by atoms with Crippen molar-refractivity contribution in [3.8, 4) is 5.69 Å². The Labute approximate surface area is 346 Å². The van der Waals surface area contributed by atoms with E-state index in [0.717, 1.165) is 22.9 Å². The van der Waals surface area contributed by atoms with Crippen LogP contribution in [0.4, 0.5) is 40.6 Å². The molecule has 0 atom stereocenters. The summed E-state index contributed by atoms with van der Waals surface area (Å²) >= 11 is 12.3. The van der Waals surface area contributed by atoms with Crippen molar-refractivity contribution >= 4 is 94.2 Å². The number of halogens is 2. The third-order valence-corrected chi connectivity index (χ3v) is 12.5. The van der Waals surface area contributed by atoms with Crippen molar-refractivity contribution in [2.45, 2.75) is 21.6 Å². The summed E-state index contributed by atoms with van der Waals surface area (Å²) in [6, 6.07) is 10.5. The smallest absolute Gasteiger partial charge is 0.299 e. The minimum absolute atomic E-state index is 0.0120. The molecule has 1 fully saturated rings. The van der Waals surface area contributed by atoms with Crippen molar-refractivity contribution in [3.63, 3.8) is 0 Å². The maximum Gasteiger partial charge on any atom is 0.299 e. The Bertz CT molecular complexity index is 2870. The molecule has 3 aromatic carbocycles. The number of aromatic amines is 1. The molecule has 0 saturated carbocycles. The SMILES string of the molecule is Cc1[nH]n(-c2cc(Cl)c(S(=O)(=O)O)cc2Cl)c(=O)c1N=Nc1cc(Nc2nc(Nc3ccc(S(=O)(=O)O)cc3)nc(N3CC[N+](C)(CCO)CC3)n2)ccc1S(=O)(=O)O. The number of nitrogens with one attached hydrogen (secondary N) is 3. The molecule has 7 N–H and O–H groups in total. The number of hydrogen-bond acceptors (Lipinski definition) is 16. The molecule has 5 aromatic rings. The van der Waals surface area contributed by atoms with Gasteiger partial charge < -0.3 is 25.1 Å². The van der Waals surface area contributed by atoms with Crippen LogP contribution in [0.15, 0.2) is 84.3 Å². The Morgan fingerprint density at radius 3 is 1.97 bits per heavy atom.